The second kappa shape index (κ2) is 6.46. The summed E-state index contributed by atoms with van der Waals surface area (Å²) in [7, 11) is 0. The number of rotatable bonds is 3. The minimum Gasteiger partial charge on any atom is -0.389 e. The van der Waals surface area contributed by atoms with Crippen molar-refractivity contribution in [3.05, 3.63) is 0 Å². The molecule has 0 radical (unpaired) electrons. The van der Waals surface area contributed by atoms with Gasteiger partial charge in [0.2, 0.25) is 5.91 Å². The van der Waals surface area contributed by atoms with E-state index in [2.05, 4.69) is 4.90 Å². The van der Waals surface area contributed by atoms with Crippen LogP contribution in [0.5, 0.6) is 0 Å². The normalized spacial score (nSPS) is 26.5. The maximum absolute atomic E-state index is 12.4. The van der Waals surface area contributed by atoms with Crippen LogP contribution in [0.25, 0.3) is 0 Å². The molecule has 0 aromatic carbocycles. The zero-order chi connectivity index (χ0) is 13.9. The largest absolute Gasteiger partial charge is 0.389 e. The first-order valence-corrected chi connectivity index (χ1v) is 8.36. The van der Waals surface area contributed by atoms with Crippen LogP contribution in [0.1, 0.15) is 33.1 Å². The van der Waals surface area contributed by atoms with Gasteiger partial charge in [0, 0.05) is 32.7 Å². The van der Waals surface area contributed by atoms with Crippen LogP contribution in [-0.2, 0) is 4.79 Å². The van der Waals surface area contributed by atoms with Crippen LogP contribution in [0, 0.1) is 0 Å². The minimum atomic E-state index is -0.647. The van der Waals surface area contributed by atoms with Crippen molar-refractivity contribution in [2.45, 2.75) is 44.0 Å². The Balaban J connectivity index is 1.77. The number of hydrogen-bond acceptors (Lipinski definition) is 4. The average Bonchev–Trinajstić information content (AvgIpc) is 2.38. The first kappa shape index (κ1) is 15.1. The first-order chi connectivity index (χ1) is 8.96. The lowest BCUT2D eigenvalue weighted by Crippen LogP contribution is -2.53. The summed E-state index contributed by atoms with van der Waals surface area (Å²) in [6.07, 6.45) is 3.50. The summed E-state index contributed by atoms with van der Waals surface area (Å²) in [5.41, 5.74) is -0.647. The molecule has 2 heterocycles. The van der Waals surface area contributed by atoms with E-state index in [1.807, 2.05) is 30.5 Å². The summed E-state index contributed by atoms with van der Waals surface area (Å²) in [5, 5.41) is 10.0. The van der Waals surface area contributed by atoms with Crippen molar-refractivity contribution >= 4 is 17.7 Å². The van der Waals surface area contributed by atoms with Crippen molar-refractivity contribution in [3.8, 4) is 0 Å². The number of hydrogen-bond donors (Lipinski definition) is 1. The lowest BCUT2D eigenvalue weighted by atomic mass is 10.1. The third kappa shape index (κ3) is 4.65. The Kier molecular flexibility index (Phi) is 5.15. The molecule has 1 N–H and O–H groups in total. The number of piperazine rings is 1. The van der Waals surface area contributed by atoms with E-state index in [-0.39, 0.29) is 5.25 Å². The topological polar surface area (TPSA) is 43.8 Å². The van der Waals surface area contributed by atoms with Gasteiger partial charge in [-0.3, -0.25) is 9.69 Å². The van der Waals surface area contributed by atoms with Gasteiger partial charge < -0.3 is 10.0 Å². The maximum Gasteiger partial charge on any atom is 0.235 e. The minimum absolute atomic E-state index is 0.203. The van der Waals surface area contributed by atoms with Gasteiger partial charge in [-0.05, 0) is 32.4 Å². The van der Waals surface area contributed by atoms with Crippen molar-refractivity contribution < 1.29 is 9.90 Å². The molecule has 2 fully saturated rings. The number of carbonyl (C=O) groups is 1. The fourth-order valence-electron chi connectivity index (χ4n) is 2.81. The Morgan fingerprint density at radius 1 is 1.26 bits per heavy atom. The number of amides is 1. The summed E-state index contributed by atoms with van der Waals surface area (Å²) < 4.78 is 0. The van der Waals surface area contributed by atoms with E-state index in [1.54, 1.807) is 0 Å². The molecule has 0 aliphatic carbocycles. The lowest BCUT2D eigenvalue weighted by molar-refractivity contribution is -0.132. The number of β-amino-alcohol motifs (C(OH)–C–C–N with tert-alkyl or cyclic N) is 1. The molecule has 0 aromatic rings. The van der Waals surface area contributed by atoms with Crippen molar-refractivity contribution in [1.29, 1.82) is 0 Å². The number of aliphatic hydroxyl groups is 1. The van der Waals surface area contributed by atoms with Gasteiger partial charge in [-0.2, -0.15) is 0 Å². The standard InChI is InChI=1S/C14H26N2O2S/c1-14(2,18)11-15-6-8-16(9-7-15)13(17)12-5-3-4-10-19-12/h12,18H,3-11H2,1-2H3. The molecule has 0 aromatic heterocycles. The summed E-state index contributed by atoms with van der Waals surface area (Å²) in [6, 6.07) is 0. The van der Waals surface area contributed by atoms with E-state index < -0.39 is 5.60 Å². The third-order valence-corrected chi connectivity index (χ3v) is 5.11. The Hall–Kier alpha value is -0.260. The molecular formula is C14H26N2O2S. The predicted molar refractivity (Wildman–Crippen MR) is 79.4 cm³/mol. The second-order valence-electron chi connectivity index (χ2n) is 6.27. The highest BCUT2D eigenvalue weighted by molar-refractivity contribution is 8.00. The molecule has 1 atom stereocenters. The predicted octanol–water partition coefficient (Wildman–Crippen LogP) is 1.19. The Morgan fingerprint density at radius 2 is 1.95 bits per heavy atom. The van der Waals surface area contributed by atoms with Crippen LogP contribution >= 0.6 is 11.8 Å². The maximum atomic E-state index is 12.4. The molecule has 110 valence electrons. The van der Waals surface area contributed by atoms with Gasteiger partial charge in [-0.25, -0.2) is 0 Å². The molecule has 2 aliphatic rings. The fraction of sp³-hybridized carbons (Fsp3) is 0.929. The Bertz CT molecular complexity index is 303. The summed E-state index contributed by atoms with van der Waals surface area (Å²) in [6.45, 7) is 7.75. The highest BCUT2D eigenvalue weighted by Crippen LogP contribution is 2.27. The molecule has 1 unspecified atom stereocenters. The first-order valence-electron chi connectivity index (χ1n) is 7.31. The molecule has 0 bridgehead atoms. The van der Waals surface area contributed by atoms with Gasteiger partial charge in [0.25, 0.3) is 0 Å². The zero-order valence-corrected chi connectivity index (χ0v) is 12.9. The van der Waals surface area contributed by atoms with Crippen molar-refractivity contribution in [2.75, 3.05) is 38.5 Å². The highest BCUT2D eigenvalue weighted by Gasteiger charge is 2.30. The average molecular weight is 286 g/mol. The molecule has 2 saturated heterocycles. The van der Waals surface area contributed by atoms with Crippen molar-refractivity contribution in [3.63, 3.8) is 0 Å². The van der Waals surface area contributed by atoms with Gasteiger partial charge in [0.05, 0.1) is 10.9 Å². The second-order valence-corrected chi connectivity index (χ2v) is 7.58. The summed E-state index contributed by atoms with van der Waals surface area (Å²) in [5.74, 6) is 1.47. The van der Waals surface area contributed by atoms with E-state index in [0.717, 1.165) is 38.4 Å². The van der Waals surface area contributed by atoms with Crippen LogP contribution < -0.4 is 0 Å². The molecule has 19 heavy (non-hydrogen) atoms. The SMILES string of the molecule is CC(C)(O)CN1CCN(C(=O)C2CCCCS2)CC1. The van der Waals surface area contributed by atoms with Crippen molar-refractivity contribution in [1.82, 2.24) is 9.80 Å². The van der Waals surface area contributed by atoms with E-state index in [1.165, 1.54) is 12.8 Å². The molecule has 2 aliphatic heterocycles. The quantitative estimate of drug-likeness (QED) is 0.846. The van der Waals surface area contributed by atoms with Gasteiger partial charge in [-0.1, -0.05) is 6.42 Å². The molecule has 0 spiro atoms. The zero-order valence-electron chi connectivity index (χ0n) is 12.1. The third-order valence-electron chi connectivity index (χ3n) is 3.75. The number of nitrogens with zero attached hydrogens (tertiary/aromatic N) is 2. The molecule has 2 rings (SSSR count). The smallest absolute Gasteiger partial charge is 0.235 e. The molecule has 0 saturated carbocycles. The van der Waals surface area contributed by atoms with Gasteiger partial charge in [-0.15, -0.1) is 11.8 Å². The lowest BCUT2D eigenvalue weighted by Gasteiger charge is -2.38. The van der Waals surface area contributed by atoms with Crippen LogP contribution in [0.15, 0.2) is 0 Å². The summed E-state index contributed by atoms with van der Waals surface area (Å²) in [4.78, 5) is 16.6. The molecule has 4 nitrogen and oxygen atoms in total. The number of carbonyl (C=O) groups excluding carboxylic acids is 1. The van der Waals surface area contributed by atoms with Crippen molar-refractivity contribution in [2.24, 2.45) is 0 Å². The monoisotopic (exact) mass is 286 g/mol. The molecule has 5 heteroatoms. The molecular weight excluding hydrogens is 260 g/mol. The van der Waals surface area contributed by atoms with Gasteiger partial charge in [0.15, 0.2) is 0 Å². The van der Waals surface area contributed by atoms with Crippen LogP contribution in [-0.4, -0.2) is 70.1 Å². The van der Waals surface area contributed by atoms with Gasteiger partial charge >= 0.3 is 0 Å². The van der Waals surface area contributed by atoms with Crippen LogP contribution in [0.3, 0.4) is 0 Å². The van der Waals surface area contributed by atoms with E-state index in [0.29, 0.717) is 12.5 Å². The van der Waals surface area contributed by atoms with E-state index >= 15 is 0 Å². The van der Waals surface area contributed by atoms with E-state index in [4.69, 9.17) is 0 Å². The van der Waals surface area contributed by atoms with Gasteiger partial charge in [0.1, 0.15) is 0 Å². The van der Waals surface area contributed by atoms with Crippen LogP contribution in [0.2, 0.25) is 0 Å². The summed E-state index contributed by atoms with van der Waals surface area (Å²) >= 11 is 1.83. The number of thioether (sulfide) groups is 1. The van der Waals surface area contributed by atoms with Crippen LogP contribution in [0.4, 0.5) is 0 Å². The fourth-order valence-corrected chi connectivity index (χ4v) is 4.09. The Morgan fingerprint density at radius 3 is 2.47 bits per heavy atom. The highest BCUT2D eigenvalue weighted by atomic mass is 32.2. The van der Waals surface area contributed by atoms with E-state index in [9.17, 15) is 9.90 Å². The Labute approximate surface area is 120 Å². The molecule has 1 amide bonds.